The van der Waals surface area contributed by atoms with E-state index in [4.69, 9.17) is 31.1 Å². The molecule has 35 heavy (non-hydrogen) atoms. The highest BCUT2D eigenvalue weighted by atomic mass is 35.5. The van der Waals surface area contributed by atoms with Crippen molar-refractivity contribution in [2.75, 3.05) is 14.2 Å². The molecule has 8 heteroatoms. The van der Waals surface area contributed by atoms with Crippen molar-refractivity contribution in [1.82, 2.24) is 14.3 Å². The number of rotatable bonds is 7. The van der Waals surface area contributed by atoms with Gasteiger partial charge < -0.3 is 18.8 Å². The van der Waals surface area contributed by atoms with Gasteiger partial charge >= 0.3 is 0 Å². The van der Waals surface area contributed by atoms with Crippen LogP contribution in [0.3, 0.4) is 0 Å². The fraction of sp³-hybridized carbons (Fsp3) is 0.259. The molecule has 1 aliphatic rings. The van der Waals surface area contributed by atoms with Gasteiger partial charge in [0.2, 0.25) is 0 Å². The summed E-state index contributed by atoms with van der Waals surface area (Å²) in [5.41, 5.74) is 4.71. The molecule has 0 saturated heterocycles. The van der Waals surface area contributed by atoms with Crippen molar-refractivity contribution in [3.05, 3.63) is 94.5 Å². The Balaban J connectivity index is 1.60. The largest absolute Gasteiger partial charge is 0.493 e. The van der Waals surface area contributed by atoms with Gasteiger partial charge in [0.25, 0.3) is 0 Å². The third-order valence-electron chi connectivity index (χ3n) is 6.33. The quantitative estimate of drug-likeness (QED) is 0.335. The molecular weight excluding hydrogens is 464 g/mol. The van der Waals surface area contributed by atoms with E-state index in [0.29, 0.717) is 35.9 Å². The summed E-state index contributed by atoms with van der Waals surface area (Å²) >= 11 is 6.47. The molecule has 0 bridgehead atoms. The van der Waals surface area contributed by atoms with Crippen molar-refractivity contribution in [1.29, 1.82) is 5.26 Å². The summed E-state index contributed by atoms with van der Waals surface area (Å²) in [5.74, 6) is 1.26. The molecule has 0 aliphatic carbocycles. The molecule has 0 spiro atoms. The highest BCUT2D eigenvalue weighted by Crippen LogP contribution is 2.46. The Labute approximate surface area is 209 Å². The molecule has 0 fully saturated rings. The minimum atomic E-state index is -0.449. The molecule has 2 atom stereocenters. The molecule has 0 N–H and O–H groups in total. The van der Waals surface area contributed by atoms with E-state index in [1.54, 1.807) is 20.4 Å². The second-order valence-electron chi connectivity index (χ2n) is 8.26. The maximum Gasteiger partial charge on any atom is 0.166 e. The predicted molar refractivity (Wildman–Crippen MR) is 132 cm³/mol. The van der Waals surface area contributed by atoms with Crippen molar-refractivity contribution < 1.29 is 14.2 Å². The molecule has 0 saturated carbocycles. The minimum Gasteiger partial charge on any atom is -0.493 e. The lowest BCUT2D eigenvalue weighted by Gasteiger charge is -2.25. The van der Waals surface area contributed by atoms with E-state index in [0.717, 1.165) is 28.2 Å². The Bertz CT molecular complexity index is 1390. The third-order valence-corrected chi connectivity index (χ3v) is 6.56. The Morgan fingerprint density at radius 3 is 2.77 bits per heavy atom. The maximum atomic E-state index is 9.14. The molecule has 0 amide bonds. The number of hydrogen-bond donors (Lipinski definition) is 0. The zero-order valence-corrected chi connectivity index (χ0v) is 20.3. The Morgan fingerprint density at radius 1 is 1.09 bits per heavy atom. The number of halogens is 1. The minimum absolute atomic E-state index is 0.254. The molecule has 5 rings (SSSR count). The van der Waals surface area contributed by atoms with Gasteiger partial charge in [-0.15, -0.1) is 0 Å². The van der Waals surface area contributed by atoms with Crippen molar-refractivity contribution in [3.63, 3.8) is 0 Å². The second kappa shape index (κ2) is 9.87. The van der Waals surface area contributed by atoms with Crippen LogP contribution in [0.4, 0.5) is 0 Å². The zero-order valence-electron chi connectivity index (χ0n) is 19.5. The molecule has 178 valence electrons. The smallest absolute Gasteiger partial charge is 0.166 e. The summed E-state index contributed by atoms with van der Waals surface area (Å²) in [7, 11) is 3.25. The summed E-state index contributed by atoms with van der Waals surface area (Å²) in [6.45, 7) is 0.610. The maximum absolute atomic E-state index is 9.14. The second-order valence-corrected chi connectivity index (χ2v) is 8.70. The molecule has 3 heterocycles. The van der Waals surface area contributed by atoms with E-state index >= 15 is 0 Å². The first-order chi connectivity index (χ1) is 17.1. The predicted octanol–water partition coefficient (Wildman–Crippen LogP) is 5.66. The summed E-state index contributed by atoms with van der Waals surface area (Å²) in [5, 5.41) is 14.2. The average Bonchev–Trinajstić information content (AvgIpc) is 3.51. The Kier molecular flexibility index (Phi) is 6.49. The van der Waals surface area contributed by atoms with E-state index in [9.17, 15) is 0 Å². The van der Waals surface area contributed by atoms with Gasteiger partial charge in [-0.1, -0.05) is 23.7 Å². The van der Waals surface area contributed by atoms with Crippen LogP contribution >= 0.6 is 11.6 Å². The van der Waals surface area contributed by atoms with E-state index in [2.05, 4.69) is 21.8 Å². The van der Waals surface area contributed by atoms with Crippen LogP contribution < -0.4 is 9.47 Å². The van der Waals surface area contributed by atoms with Crippen LogP contribution in [0.5, 0.6) is 11.5 Å². The summed E-state index contributed by atoms with van der Waals surface area (Å²) in [6, 6.07) is 19.8. The van der Waals surface area contributed by atoms with Gasteiger partial charge in [0.15, 0.2) is 11.5 Å². The highest BCUT2D eigenvalue weighted by molar-refractivity contribution is 6.30. The SMILES string of the molecule is COc1cccc([C@H]2O[C@H](CCn3nccc3CC#N)c3cccn3-c3ccc(Cl)cc32)c1OC. The highest BCUT2D eigenvalue weighted by Gasteiger charge is 2.33. The van der Waals surface area contributed by atoms with Crippen LogP contribution in [0.25, 0.3) is 5.69 Å². The number of methoxy groups -OCH3 is 2. The molecule has 4 aromatic rings. The van der Waals surface area contributed by atoms with E-state index in [1.165, 1.54) is 0 Å². The lowest BCUT2D eigenvalue weighted by atomic mass is 9.98. The number of para-hydroxylation sites is 1. The lowest BCUT2D eigenvalue weighted by molar-refractivity contribution is -0.00176. The van der Waals surface area contributed by atoms with Gasteiger partial charge in [-0.25, -0.2) is 0 Å². The standard InChI is InChI=1S/C27H25ClN4O3/c1-33-25-7-3-5-20(27(25)34-2)26-21-17-18(28)8-9-22(21)31-15-4-6-23(31)24(35-26)12-16-32-19(10-13-29)11-14-30-32/h3-9,11,14-15,17,24,26H,10,12,16H2,1-2H3/t24-,26-/m1/s1. The number of benzene rings is 2. The molecule has 2 aromatic carbocycles. The first kappa shape index (κ1) is 23.0. The summed E-state index contributed by atoms with van der Waals surface area (Å²) < 4.78 is 22.2. The third kappa shape index (κ3) is 4.27. The van der Waals surface area contributed by atoms with Crippen LogP contribution in [-0.4, -0.2) is 28.6 Å². The molecule has 7 nitrogen and oxygen atoms in total. The molecular formula is C27H25ClN4O3. The van der Waals surface area contributed by atoms with E-state index < -0.39 is 6.10 Å². The number of aryl methyl sites for hydroxylation is 1. The first-order valence-corrected chi connectivity index (χ1v) is 11.7. The fourth-order valence-corrected chi connectivity index (χ4v) is 4.93. The number of ether oxygens (including phenoxy) is 3. The van der Waals surface area contributed by atoms with Crippen LogP contribution in [0, 0.1) is 11.3 Å². The van der Waals surface area contributed by atoms with Gasteiger partial charge in [-0.3, -0.25) is 4.68 Å². The average molecular weight is 489 g/mol. The Morgan fingerprint density at radius 2 is 1.97 bits per heavy atom. The van der Waals surface area contributed by atoms with Gasteiger partial charge in [0.05, 0.1) is 43.8 Å². The molecule has 2 aromatic heterocycles. The van der Waals surface area contributed by atoms with Crippen LogP contribution in [-0.2, 0) is 17.7 Å². The van der Waals surface area contributed by atoms with E-state index in [1.807, 2.05) is 59.4 Å². The van der Waals surface area contributed by atoms with Crippen LogP contribution in [0.2, 0.25) is 5.02 Å². The van der Waals surface area contributed by atoms with Gasteiger partial charge in [0, 0.05) is 35.1 Å². The van der Waals surface area contributed by atoms with Gasteiger partial charge in [0.1, 0.15) is 12.2 Å². The van der Waals surface area contributed by atoms with Crippen molar-refractivity contribution >= 4 is 11.6 Å². The normalized spacial score (nSPS) is 16.6. The molecule has 0 radical (unpaired) electrons. The number of fused-ring (bicyclic) bond motifs is 3. The van der Waals surface area contributed by atoms with Gasteiger partial charge in [-0.2, -0.15) is 10.4 Å². The summed E-state index contributed by atoms with van der Waals surface area (Å²) in [4.78, 5) is 0. The van der Waals surface area contributed by atoms with Crippen LogP contribution in [0.1, 0.15) is 41.1 Å². The Hall–Kier alpha value is -3.73. The first-order valence-electron chi connectivity index (χ1n) is 11.4. The number of nitrogens with zero attached hydrogens (tertiary/aromatic N) is 4. The lowest BCUT2D eigenvalue weighted by Crippen LogP contribution is -2.15. The number of hydrogen-bond acceptors (Lipinski definition) is 5. The van der Waals surface area contributed by atoms with E-state index in [-0.39, 0.29) is 6.10 Å². The molecule has 1 aliphatic heterocycles. The molecule has 0 unspecified atom stereocenters. The monoisotopic (exact) mass is 488 g/mol. The number of nitriles is 1. The zero-order chi connectivity index (χ0) is 24.4. The number of aromatic nitrogens is 3. The van der Waals surface area contributed by atoms with Crippen molar-refractivity contribution in [3.8, 4) is 23.3 Å². The van der Waals surface area contributed by atoms with Gasteiger partial charge in [-0.05, 0) is 48.9 Å². The topological polar surface area (TPSA) is 74.2 Å². The fourth-order valence-electron chi connectivity index (χ4n) is 4.75. The van der Waals surface area contributed by atoms with Crippen molar-refractivity contribution in [2.24, 2.45) is 0 Å². The van der Waals surface area contributed by atoms with Crippen LogP contribution in [0.15, 0.2) is 67.0 Å². The summed E-state index contributed by atoms with van der Waals surface area (Å²) in [6.07, 6.45) is 4.04. The van der Waals surface area contributed by atoms with Crippen molar-refractivity contribution in [2.45, 2.75) is 31.6 Å².